The number of rotatable bonds is 2. The summed E-state index contributed by atoms with van der Waals surface area (Å²) in [7, 11) is 0. The molecule has 2 heterocycles. The second kappa shape index (κ2) is 5.30. The van der Waals surface area contributed by atoms with E-state index in [1.807, 2.05) is 0 Å². The van der Waals surface area contributed by atoms with Gasteiger partial charge in [-0.25, -0.2) is 14.6 Å². The fourth-order valence-corrected chi connectivity index (χ4v) is 3.12. The van der Waals surface area contributed by atoms with Crippen LogP contribution in [0, 0.1) is 0 Å². The van der Waals surface area contributed by atoms with Crippen LogP contribution in [0.25, 0.3) is 10.2 Å². The molecule has 1 fully saturated rings. The molecule has 110 valence electrons. The highest BCUT2D eigenvalue weighted by molar-refractivity contribution is 7.16. The Bertz CT molecular complexity index is 702. The predicted molar refractivity (Wildman–Crippen MR) is 77.4 cm³/mol. The normalized spacial score (nSPS) is 21.7. The molecule has 1 saturated heterocycles. The van der Waals surface area contributed by atoms with Crippen LogP contribution in [0.15, 0.2) is 23.7 Å². The van der Waals surface area contributed by atoms with Crippen LogP contribution in [-0.4, -0.2) is 50.8 Å². The molecule has 2 amide bonds. The standard InChI is InChI=1S/C13H13N3O4S/c17-8-4-10(12(18)19)16(5-8)13(20)15-7-1-2-9-11(3-7)21-6-14-9/h1-3,6,8,10,17H,4-5H2,(H,15,20)(H,18,19). The van der Waals surface area contributed by atoms with Gasteiger partial charge in [0.1, 0.15) is 6.04 Å². The summed E-state index contributed by atoms with van der Waals surface area (Å²) in [5.41, 5.74) is 3.13. The Labute approximate surface area is 123 Å². The Balaban J connectivity index is 1.77. The molecule has 2 atom stereocenters. The van der Waals surface area contributed by atoms with Crippen LogP contribution in [-0.2, 0) is 4.79 Å². The van der Waals surface area contributed by atoms with E-state index in [9.17, 15) is 14.7 Å². The van der Waals surface area contributed by atoms with Crippen molar-refractivity contribution in [1.82, 2.24) is 9.88 Å². The van der Waals surface area contributed by atoms with Crippen molar-refractivity contribution in [3.8, 4) is 0 Å². The molecule has 0 bridgehead atoms. The predicted octanol–water partition coefficient (Wildman–Crippen LogP) is 1.35. The van der Waals surface area contributed by atoms with E-state index >= 15 is 0 Å². The van der Waals surface area contributed by atoms with E-state index in [1.54, 1.807) is 23.7 Å². The first-order valence-corrected chi connectivity index (χ1v) is 7.24. The fourth-order valence-electron chi connectivity index (χ4n) is 2.40. The number of urea groups is 1. The van der Waals surface area contributed by atoms with Crippen LogP contribution in [0.1, 0.15) is 6.42 Å². The smallest absolute Gasteiger partial charge is 0.326 e. The number of fused-ring (bicyclic) bond motifs is 1. The number of carbonyl (C=O) groups excluding carboxylic acids is 1. The maximum Gasteiger partial charge on any atom is 0.326 e. The lowest BCUT2D eigenvalue weighted by Gasteiger charge is -2.21. The van der Waals surface area contributed by atoms with E-state index in [-0.39, 0.29) is 13.0 Å². The lowest BCUT2D eigenvalue weighted by atomic mass is 10.2. The van der Waals surface area contributed by atoms with Gasteiger partial charge in [-0.15, -0.1) is 11.3 Å². The van der Waals surface area contributed by atoms with E-state index < -0.39 is 24.1 Å². The molecule has 3 rings (SSSR count). The molecule has 8 heteroatoms. The Kier molecular flexibility index (Phi) is 3.48. The number of aliphatic hydroxyl groups is 1. The van der Waals surface area contributed by atoms with Crippen molar-refractivity contribution in [3.63, 3.8) is 0 Å². The zero-order valence-electron chi connectivity index (χ0n) is 10.9. The summed E-state index contributed by atoms with van der Waals surface area (Å²) in [6.07, 6.45) is -0.753. The first-order chi connectivity index (χ1) is 10.0. The average molecular weight is 307 g/mol. The van der Waals surface area contributed by atoms with Crippen molar-refractivity contribution in [2.75, 3.05) is 11.9 Å². The Morgan fingerprint density at radius 3 is 3.00 bits per heavy atom. The number of anilines is 1. The number of carboxylic acid groups (broad SMARTS) is 1. The highest BCUT2D eigenvalue weighted by atomic mass is 32.1. The number of aliphatic carboxylic acids is 1. The highest BCUT2D eigenvalue weighted by Gasteiger charge is 2.38. The monoisotopic (exact) mass is 307 g/mol. The Morgan fingerprint density at radius 2 is 2.24 bits per heavy atom. The summed E-state index contributed by atoms with van der Waals surface area (Å²) < 4.78 is 0.934. The molecule has 0 spiro atoms. The summed E-state index contributed by atoms with van der Waals surface area (Å²) >= 11 is 1.46. The number of aromatic nitrogens is 1. The van der Waals surface area contributed by atoms with Crippen LogP contribution in [0.5, 0.6) is 0 Å². The third kappa shape index (κ3) is 2.67. The van der Waals surface area contributed by atoms with Gasteiger partial charge in [0.25, 0.3) is 0 Å². The van der Waals surface area contributed by atoms with Crippen molar-refractivity contribution >= 4 is 39.2 Å². The molecule has 1 aromatic carbocycles. The van der Waals surface area contributed by atoms with Gasteiger partial charge >= 0.3 is 12.0 Å². The Hall–Kier alpha value is -2.19. The second-order valence-electron chi connectivity index (χ2n) is 4.86. The lowest BCUT2D eigenvalue weighted by molar-refractivity contribution is -0.141. The van der Waals surface area contributed by atoms with Crippen LogP contribution in [0.2, 0.25) is 0 Å². The van der Waals surface area contributed by atoms with Gasteiger partial charge in [0, 0.05) is 18.7 Å². The van der Waals surface area contributed by atoms with Gasteiger partial charge in [0.05, 0.1) is 21.8 Å². The molecule has 0 saturated carbocycles. The number of nitrogens with one attached hydrogen (secondary N) is 1. The first-order valence-electron chi connectivity index (χ1n) is 6.36. The molecule has 1 aliphatic heterocycles. The van der Waals surface area contributed by atoms with E-state index in [2.05, 4.69) is 10.3 Å². The van der Waals surface area contributed by atoms with Crippen molar-refractivity contribution in [1.29, 1.82) is 0 Å². The van der Waals surface area contributed by atoms with Crippen molar-refractivity contribution in [2.24, 2.45) is 0 Å². The molecule has 2 aromatic rings. The number of β-amino-alcohol motifs (C(OH)–C–C–N with tert-alkyl or cyclic N) is 1. The van der Waals surface area contributed by atoms with E-state index in [0.29, 0.717) is 5.69 Å². The van der Waals surface area contributed by atoms with Crippen molar-refractivity contribution < 1.29 is 19.8 Å². The summed E-state index contributed by atoms with van der Waals surface area (Å²) in [5.74, 6) is -1.11. The zero-order valence-corrected chi connectivity index (χ0v) is 11.7. The fraction of sp³-hybridized carbons (Fsp3) is 0.308. The molecule has 3 N–H and O–H groups in total. The van der Waals surface area contributed by atoms with Crippen LogP contribution < -0.4 is 5.32 Å². The molecule has 0 aliphatic carbocycles. The highest BCUT2D eigenvalue weighted by Crippen LogP contribution is 2.23. The maximum absolute atomic E-state index is 12.2. The largest absolute Gasteiger partial charge is 0.480 e. The number of nitrogens with zero attached hydrogens (tertiary/aromatic N) is 2. The number of hydrogen-bond acceptors (Lipinski definition) is 5. The minimum atomic E-state index is -1.11. The van der Waals surface area contributed by atoms with Crippen LogP contribution in [0.3, 0.4) is 0 Å². The SMILES string of the molecule is O=C(O)C1CC(O)CN1C(=O)Nc1ccc2ncsc2c1. The minimum absolute atomic E-state index is 0.0194. The van der Waals surface area contributed by atoms with E-state index in [0.717, 1.165) is 15.1 Å². The third-order valence-corrected chi connectivity index (χ3v) is 4.20. The van der Waals surface area contributed by atoms with Gasteiger partial charge in [-0.3, -0.25) is 0 Å². The van der Waals surface area contributed by atoms with Crippen molar-refractivity contribution in [2.45, 2.75) is 18.6 Å². The lowest BCUT2D eigenvalue weighted by Crippen LogP contribution is -2.43. The zero-order chi connectivity index (χ0) is 15.0. The molecule has 21 heavy (non-hydrogen) atoms. The molecular weight excluding hydrogens is 294 g/mol. The number of likely N-dealkylation sites (tertiary alicyclic amines) is 1. The van der Waals surface area contributed by atoms with Gasteiger partial charge < -0.3 is 20.4 Å². The van der Waals surface area contributed by atoms with Gasteiger partial charge in [-0.05, 0) is 18.2 Å². The number of carbonyl (C=O) groups is 2. The molecule has 1 aliphatic rings. The second-order valence-corrected chi connectivity index (χ2v) is 5.75. The summed E-state index contributed by atoms with van der Waals surface area (Å²) in [6, 6.07) is 3.76. The van der Waals surface area contributed by atoms with Crippen LogP contribution in [0.4, 0.5) is 10.5 Å². The number of carboxylic acids is 1. The molecular formula is C13H13N3O4S. The molecule has 0 radical (unpaired) electrons. The van der Waals surface area contributed by atoms with E-state index in [4.69, 9.17) is 5.11 Å². The number of hydrogen-bond donors (Lipinski definition) is 3. The average Bonchev–Trinajstić information content (AvgIpc) is 3.04. The number of aliphatic hydroxyl groups excluding tert-OH is 1. The van der Waals surface area contributed by atoms with E-state index in [1.165, 1.54) is 11.3 Å². The molecule has 7 nitrogen and oxygen atoms in total. The quantitative estimate of drug-likeness (QED) is 0.777. The van der Waals surface area contributed by atoms with Gasteiger partial charge in [0.15, 0.2) is 0 Å². The summed E-state index contributed by atoms with van der Waals surface area (Å²) in [6.45, 7) is 0.0194. The topological polar surface area (TPSA) is 103 Å². The molecule has 1 aromatic heterocycles. The van der Waals surface area contributed by atoms with Gasteiger partial charge in [0.2, 0.25) is 0 Å². The van der Waals surface area contributed by atoms with Crippen LogP contribution >= 0.6 is 11.3 Å². The van der Waals surface area contributed by atoms with Gasteiger partial charge in [-0.2, -0.15) is 0 Å². The third-order valence-electron chi connectivity index (χ3n) is 3.41. The number of benzene rings is 1. The number of amides is 2. The number of thiazole rings is 1. The maximum atomic E-state index is 12.2. The molecule has 2 unspecified atom stereocenters. The summed E-state index contributed by atoms with van der Waals surface area (Å²) in [5, 5.41) is 21.3. The minimum Gasteiger partial charge on any atom is -0.480 e. The first kappa shape index (κ1) is 13.8. The van der Waals surface area contributed by atoms with Crippen molar-refractivity contribution in [3.05, 3.63) is 23.7 Å². The van der Waals surface area contributed by atoms with Gasteiger partial charge in [-0.1, -0.05) is 0 Å². The Morgan fingerprint density at radius 1 is 1.43 bits per heavy atom. The summed E-state index contributed by atoms with van der Waals surface area (Å²) in [4.78, 5) is 28.6.